The van der Waals surface area contributed by atoms with E-state index in [-0.39, 0.29) is 0 Å². The van der Waals surface area contributed by atoms with Crippen LogP contribution in [-0.2, 0) is 0 Å². The van der Waals surface area contributed by atoms with Crippen LogP contribution in [0, 0.1) is 12.3 Å². The first kappa shape index (κ1) is 4.48. The maximum absolute atomic E-state index is 4.75. The van der Waals surface area contributed by atoms with E-state index in [4.69, 9.17) is 12.3 Å². The predicted octanol–water partition coefficient (Wildman–Crippen LogP) is -0.917. The Morgan fingerprint density at radius 1 is 2.00 bits per heavy atom. The molecule has 0 aliphatic heterocycles. The number of nitrogens with two attached hydrogens (primary N) is 1. The fourth-order valence-corrected chi connectivity index (χ4v) is 0.0589. The number of terminal acetylenes is 1. The standard InChI is InChI=1S/C3H6N2/c1-2-3-5-4/h1,5H,3-4H2. The Kier molecular flexibility index (Phi) is 3.12. The van der Waals surface area contributed by atoms with Gasteiger partial charge in [-0.2, -0.15) is 0 Å². The van der Waals surface area contributed by atoms with Crippen LogP contribution in [0.3, 0.4) is 0 Å². The van der Waals surface area contributed by atoms with Crippen molar-refractivity contribution in [2.24, 2.45) is 5.84 Å². The first-order chi connectivity index (χ1) is 2.41. The van der Waals surface area contributed by atoms with Crippen molar-refractivity contribution in [3.8, 4) is 12.3 Å². The summed E-state index contributed by atoms with van der Waals surface area (Å²) in [6.45, 7) is 0.444. The summed E-state index contributed by atoms with van der Waals surface area (Å²) >= 11 is 0. The third-order valence-electron chi connectivity index (χ3n) is 0.204. The van der Waals surface area contributed by atoms with E-state index < -0.39 is 0 Å². The number of hydrogen-bond donors (Lipinski definition) is 2. The lowest BCUT2D eigenvalue weighted by atomic mass is 10.7. The lowest BCUT2D eigenvalue weighted by Gasteiger charge is -1.77. The van der Waals surface area contributed by atoms with Crippen molar-refractivity contribution in [2.45, 2.75) is 0 Å². The van der Waals surface area contributed by atoms with Crippen molar-refractivity contribution >= 4 is 0 Å². The van der Waals surface area contributed by atoms with Gasteiger partial charge in [-0.05, 0) is 0 Å². The molecule has 0 unspecified atom stereocenters. The summed E-state index contributed by atoms with van der Waals surface area (Å²) in [7, 11) is 0. The summed E-state index contributed by atoms with van der Waals surface area (Å²) in [5.74, 6) is 7.03. The van der Waals surface area contributed by atoms with Crippen LogP contribution in [0.1, 0.15) is 0 Å². The van der Waals surface area contributed by atoms with Crippen LogP contribution in [-0.4, -0.2) is 6.54 Å². The van der Waals surface area contributed by atoms with Crippen molar-refractivity contribution < 1.29 is 0 Å². The topological polar surface area (TPSA) is 38.0 Å². The normalized spacial score (nSPS) is 6.40. The molecule has 0 rings (SSSR count). The number of nitrogens with one attached hydrogen (secondary N) is 1. The van der Waals surface area contributed by atoms with E-state index in [1.54, 1.807) is 0 Å². The minimum absolute atomic E-state index is 0.444. The molecule has 0 heterocycles. The largest absolute Gasteiger partial charge is 0.271 e. The monoisotopic (exact) mass is 70.1 g/mol. The van der Waals surface area contributed by atoms with Gasteiger partial charge >= 0.3 is 0 Å². The summed E-state index contributed by atoms with van der Waals surface area (Å²) in [4.78, 5) is 0. The summed E-state index contributed by atoms with van der Waals surface area (Å²) < 4.78 is 0. The molecule has 2 heteroatoms. The van der Waals surface area contributed by atoms with Gasteiger partial charge in [0.2, 0.25) is 0 Å². The molecule has 0 atom stereocenters. The zero-order valence-corrected chi connectivity index (χ0v) is 2.86. The number of hydrogen-bond acceptors (Lipinski definition) is 2. The molecule has 5 heavy (non-hydrogen) atoms. The quantitative estimate of drug-likeness (QED) is 0.238. The van der Waals surface area contributed by atoms with Gasteiger partial charge in [0.15, 0.2) is 0 Å². The second kappa shape index (κ2) is 3.48. The van der Waals surface area contributed by atoms with Crippen molar-refractivity contribution in [3.05, 3.63) is 0 Å². The van der Waals surface area contributed by atoms with Crippen LogP contribution in [0.4, 0.5) is 0 Å². The minimum Gasteiger partial charge on any atom is -0.271 e. The Labute approximate surface area is 31.3 Å². The van der Waals surface area contributed by atoms with Gasteiger partial charge in [-0.3, -0.25) is 5.84 Å². The Bertz CT molecular complexity index is 43.3. The van der Waals surface area contributed by atoms with Crippen LogP contribution in [0.2, 0.25) is 0 Å². The highest BCUT2D eigenvalue weighted by Crippen LogP contribution is 1.34. The average molecular weight is 70.1 g/mol. The smallest absolute Gasteiger partial charge is 0.0707 e. The summed E-state index contributed by atoms with van der Waals surface area (Å²) in [6.07, 6.45) is 4.75. The Balaban J connectivity index is 2.48. The Morgan fingerprint density at radius 3 is 2.60 bits per heavy atom. The van der Waals surface area contributed by atoms with Crippen LogP contribution in [0.15, 0.2) is 0 Å². The van der Waals surface area contributed by atoms with E-state index in [1.807, 2.05) is 0 Å². The highest BCUT2D eigenvalue weighted by molar-refractivity contribution is 4.84. The molecule has 28 valence electrons. The molecule has 0 spiro atoms. The van der Waals surface area contributed by atoms with Crippen LogP contribution in [0.5, 0.6) is 0 Å². The van der Waals surface area contributed by atoms with Crippen molar-refractivity contribution in [3.63, 3.8) is 0 Å². The van der Waals surface area contributed by atoms with Crippen molar-refractivity contribution in [1.82, 2.24) is 5.43 Å². The second-order valence-corrected chi connectivity index (χ2v) is 0.585. The lowest BCUT2D eigenvalue weighted by Crippen LogP contribution is -2.21. The lowest BCUT2D eigenvalue weighted by molar-refractivity contribution is 0.837. The van der Waals surface area contributed by atoms with Crippen molar-refractivity contribution in [2.75, 3.05) is 6.54 Å². The molecule has 0 fully saturated rings. The van der Waals surface area contributed by atoms with Crippen LogP contribution < -0.4 is 11.3 Å². The first-order valence-corrected chi connectivity index (χ1v) is 1.28. The molecule has 0 saturated carbocycles. The predicted molar refractivity (Wildman–Crippen MR) is 21.0 cm³/mol. The van der Waals surface area contributed by atoms with Gasteiger partial charge < -0.3 is 0 Å². The fourth-order valence-electron chi connectivity index (χ4n) is 0.0589. The van der Waals surface area contributed by atoms with E-state index in [1.165, 1.54) is 0 Å². The maximum atomic E-state index is 4.75. The Hall–Kier alpha value is -0.520. The van der Waals surface area contributed by atoms with Gasteiger partial charge in [-0.25, -0.2) is 5.43 Å². The molecule has 0 amide bonds. The zero-order valence-electron chi connectivity index (χ0n) is 2.86. The van der Waals surface area contributed by atoms with Gasteiger partial charge in [-0.15, -0.1) is 6.42 Å². The van der Waals surface area contributed by atoms with Gasteiger partial charge in [0.1, 0.15) is 0 Å². The van der Waals surface area contributed by atoms with Gasteiger partial charge in [0.05, 0.1) is 6.54 Å². The SMILES string of the molecule is C#CCNN. The maximum Gasteiger partial charge on any atom is 0.0707 e. The first-order valence-electron chi connectivity index (χ1n) is 1.28. The van der Waals surface area contributed by atoms with E-state index in [9.17, 15) is 0 Å². The van der Waals surface area contributed by atoms with Crippen molar-refractivity contribution in [1.29, 1.82) is 0 Å². The van der Waals surface area contributed by atoms with Crippen LogP contribution >= 0.6 is 0 Å². The molecule has 0 aliphatic carbocycles. The molecule has 0 bridgehead atoms. The molecule has 3 N–H and O–H groups in total. The summed E-state index contributed by atoms with van der Waals surface area (Å²) in [5, 5.41) is 0. The van der Waals surface area contributed by atoms with E-state index in [2.05, 4.69) is 11.3 Å². The van der Waals surface area contributed by atoms with E-state index in [0.717, 1.165) is 0 Å². The molecular formula is C3H6N2. The number of rotatable bonds is 1. The average Bonchev–Trinajstić information content (AvgIpc) is 1.41. The number of hydrazine groups is 1. The molecule has 0 aromatic carbocycles. The van der Waals surface area contributed by atoms with Gasteiger partial charge in [0.25, 0.3) is 0 Å². The van der Waals surface area contributed by atoms with Gasteiger partial charge in [-0.1, -0.05) is 5.92 Å². The molecular weight excluding hydrogens is 64.0 g/mol. The highest BCUT2D eigenvalue weighted by Gasteiger charge is 1.56. The summed E-state index contributed by atoms with van der Waals surface area (Å²) in [6, 6.07) is 0. The molecule has 0 aliphatic rings. The fraction of sp³-hybridized carbons (Fsp3) is 0.333. The van der Waals surface area contributed by atoms with Crippen LogP contribution in [0.25, 0.3) is 0 Å². The zero-order chi connectivity index (χ0) is 4.12. The highest BCUT2D eigenvalue weighted by atomic mass is 15.2. The van der Waals surface area contributed by atoms with E-state index >= 15 is 0 Å². The van der Waals surface area contributed by atoms with Gasteiger partial charge in [0, 0.05) is 0 Å². The van der Waals surface area contributed by atoms with E-state index in [0.29, 0.717) is 6.54 Å². The minimum atomic E-state index is 0.444. The molecule has 0 aromatic rings. The molecule has 0 aromatic heterocycles. The second-order valence-electron chi connectivity index (χ2n) is 0.585. The summed E-state index contributed by atoms with van der Waals surface area (Å²) in [5.41, 5.74) is 2.28. The molecule has 0 saturated heterocycles. The molecule has 0 radical (unpaired) electrons. The molecule has 2 nitrogen and oxygen atoms in total. The Morgan fingerprint density at radius 2 is 2.60 bits per heavy atom. The third kappa shape index (κ3) is 3.48. The third-order valence-corrected chi connectivity index (χ3v) is 0.204.